The van der Waals surface area contributed by atoms with Crippen LogP contribution in [-0.2, 0) is 17.1 Å². The van der Waals surface area contributed by atoms with Crippen LogP contribution in [0.5, 0.6) is 0 Å². The summed E-state index contributed by atoms with van der Waals surface area (Å²) < 4.78 is 29.1. The third-order valence-corrected chi connectivity index (χ3v) is 3.50. The van der Waals surface area contributed by atoms with Gasteiger partial charge in [-0.05, 0) is 6.92 Å². The Morgan fingerprint density at radius 3 is 2.41 bits per heavy atom. The van der Waals surface area contributed by atoms with Crippen molar-refractivity contribution in [1.29, 1.82) is 0 Å². The number of rotatable bonds is 3. The van der Waals surface area contributed by atoms with E-state index in [0.717, 1.165) is 5.56 Å². The Labute approximate surface area is 100 Å². The van der Waals surface area contributed by atoms with Crippen LogP contribution in [0.2, 0.25) is 0 Å². The Morgan fingerprint density at radius 1 is 1.24 bits per heavy atom. The van der Waals surface area contributed by atoms with Gasteiger partial charge in [-0.15, -0.1) is 5.69 Å². The maximum Gasteiger partial charge on any atom is 0.242 e. The number of aryl methyl sites for hydroxylation is 2. The summed E-state index contributed by atoms with van der Waals surface area (Å²) >= 11 is 0. The molecule has 5 nitrogen and oxygen atoms in total. The zero-order chi connectivity index (χ0) is 12.5. The van der Waals surface area contributed by atoms with Gasteiger partial charge in [-0.2, -0.15) is 0 Å². The van der Waals surface area contributed by atoms with E-state index in [0.29, 0.717) is 5.69 Å². The summed E-state index contributed by atoms with van der Waals surface area (Å²) in [6, 6.07) is 7.00. The molecule has 2 aromatic rings. The van der Waals surface area contributed by atoms with Gasteiger partial charge in [0.2, 0.25) is 11.4 Å². The number of hydrogen-bond donors (Lipinski definition) is 1. The van der Waals surface area contributed by atoms with Crippen LogP contribution in [-0.4, -0.2) is 13.4 Å². The second kappa shape index (κ2) is 4.21. The minimum atomic E-state index is -3.66. The van der Waals surface area contributed by atoms with E-state index in [1.807, 2.05) is 19.1 Å². The van der Waals surface area contributed by atoms with Crippen molar-refractivity contribution in [2.24, 2.45) is 7.05 Å². The average Bonchev–Trinajstić information content (AvgIpc) is 2.69. The van der Waals surface area contributed by atoms with Crippen molar-refractivity contribution in [2.75, 3.05) is 0 Å². The first-order valence-corrected chi connectivity index (χ1v) is 6.50. The molecule has 1 heterocycles. The van der Waals surface area contributed by atoms with Crippen LogP contribution in [0.4, 0.5) is 5.69 Å². The van der Waals surface area contributed by atoms with Gasteiger partial charge >= 0.3 is 0 Å². The topological polar surface area (TPSA) is 67.9 Å². The molecule has 0 saturated carbocycles. The highest BCUT2D eigenvalue weighted by Gasteiger charge is 2.12. The molecule has 0 aliphatic rings. The number of sulfonamides is 1. The van der Waals surface area contributed by atoms with Crippen molar-refractivity contribution < 1.29 is 13.0 Å². The first kappa shape index (κ1) is 11.7. The molecule has 0 unspecified atom stereocenters. The molecule has 0 radical (unpaired) electrons. The highest BCUT2D eigenvalue weighted by Crippen LogP contribution is 2.26. The molecule has 6 heteroatoms. The molecule has 90 valence electrons. The quantitative estimate of drug-likeness (QED) is 0.841. The maximum atomic E-state index is 11.9. The molecular formula is C11H13N3O2S. The lowest BCUT2D eigenvalue weighted by molar-refractivity contribution is -0.671. The Bertz CT molecular complexity index is 614. The van der Waals surface area contributed by atoms with Gasteiger partial charge in [0.05, 0.1) is 7.05 Å². The second-order valence-electron chi connectivity index (χ2n) is 3.83. The molecule has 1 N–H and O–H groups in total. The predicted molar refractivity (Wildman–Crippen MR) is 63.4 cm³/mol. The minimum absolute atomic E-state index is 0.0839. The Morgan fingerprint density at radius 2 is 1.88 bits per heavy atom. The molecule has 1 aromatic carbocycles. The smallest absolute Gasteiger partial charge is 0.242 e. The molecule has 2 rings (SSSR count). The minimum Gasteiger partial charge on any atom is -0.570 e. The molecule has 0 atom stereocenters. The Kier molecular flexibility index (Phi) is 2.89. The number of aromatic nitrogens is 2. The molecule has 0 aliphatic carbocycles. The largest absolute Gasteiger partial charge is 0.570 e. The molecule has 0 bridgehead atoms. The van der Waals surface area contributed by atoms with Crippen LogP contribution >= 0.6 is 0 Å². The molecule has 17 heavy (non-hydrogen) atoms. The SMILES string of the molecule is Cc1ccc([N-]S(=O)(=O)c2c[n+](C)c[nH]2)cc1. The van der Waals surface area contributed by atoms with E-state index in [9.17, 15) is 8.42 Å². The lowest BCUT2D eigenvalue weighted by Crippen LogP contribution is -2.23. The number of imidazole rings is 1. The number of nitrogens with zero attached hydrogens (tertiary/aromatic N) is 2. The van der Waals surface area contributed by atoms with Crippen LogP contribution in [0.25, 0.3) is 4.72 Å². The van der Waals surface area contributed by atoms with E-state index >= 15 is 0 Å². The summed E-state index contributed by atoms with van der Waals surface area (Å²) in [5.74, 6) is 0. The maximum absolute atomic E-state index is 11.9. The van der Waals surface area contributed by atoms with Crippen molar-refractivity contribution in [3.8, 4) is 0 Å². The zero-order valence-electron chi connectivity index (χ0n) is 9.58. The number of aromatic amines is 1. The monoisotopic (exact) mass is 251 g/mol. The summed E-state index contributed by atoms with van der Waals surface area (Å²) in [7, 11) is -1.92. The summed E-state index contributed by atoms with van der Waals surface area (Å²) in [5.41, 5.74) is 1.49. The van der Waals surface area contributed by atoms with Gasteiger partial charge < -0.3 is 4.72 Å². The third-order valence-electron chi connectivity index (χ3n) is 2.27. The van der Waals surface area contributed by atoms with Crippen molar-refractivity contribution >= 4 is 15.7 Å². The van der Waals surface area contributed by atoms with Crippen molar-refractivity contribution in [2.45, 2.75) is 11.9 Å². The number of H-pyrrole nitrogens is 1. The number of hydrogen-bond acceptors (Lipinski definition) is 2. The number of nitrogens with one attached hydrogen (secondary N) is 1. The highest BCUT2D eigenvalue weighted by molar-refractivity contribution is 7.94. The molecule has 0 saturated heterocycles. The fraction of sp³-hybridized carbons (Fsp3) is 0.182. The lowest BCUT2D eigenvalue weighted by atomic mass is 10.2. The molecule has 0 amide bonds. The van der Waals surface area contributed by atoms with Gasteiger partial charge in [0.15, 0.2) is 10.0 Å². The molecule has 0 aliphatic heterocycles. The molecule has 1 aromatic heterocycles. The summed E-state index contributed by atoms with van der Waals surface area (Å²) in [4.78, 5) is 2.66. The van der Waals surface area contributed by atoms with E-state index in [1.165, 1.54) is 6.20 Å². The van der Waals surface area contributed by atoms with Gasteiger partial charge in [-0.25, -0.2) is 18.0 Å². The molecule has 0 fully saturated rings. The standard InChI is InChI=1S/C11H12N3O2S/c1-9-3-5-10(6-4-9)13-17(15,16)11-7-14(2)8-12-11/h3-8H,1-2H3/q-1/p+1. The molecular weight excluding hydrogens is 238 g/mol. The summed E-state index contributed by atoms with van der Waals surface area (Å²) in [6.45, 7) is 1.93. The van der Waals surface area contributed by atoms with Crippen LogP contribution in [0, 0.1) is 6.92 Å². The van der Waals surface area contributed by atoms with Crippen molar-refractivity contribution in [3.63, 3.8) is 0 Å². The summed E-state index contributed by atoms with van der Waals surface area (Å²) in [6.07, 6.45) is 3.03. The zero-order valence-corrected chi connectivity index (χ0v) is 10.4. The van der Waals surface area contributed by atoms with Gasteiger partial charge in [0, 0.05) is 0 Å². The lowest BCUT2D eigenvalue weighted by Gasteiger charge is -2.18. The van der Waals surface area contributed by atoms with Crippen LogP contribution < -0.4 is 4.57 Å². The number of benzene rings is 1. The first-order valence-electron chi connectivity index (χ1n) is 5.06. The van der Waals surface area contributed by atoms with E-state index in [-0.39, 0.29) is 5.03 Å². The van der Waals surface area contributed by atoms with E-state index in [2.05, 4.69) is 9.71 Å². The van der Waals surface area contributed by atoms with E-state index in [4.69, 9.17) is 0 Å². The third kappa shape index (κ3) is 2.65. The predicted octanol–water partition coefficient (Wildman–Crippen LogP) is 1.54. The van der Waals surface area contributed by atoms with Gasteiger partial charge in [0.1, 0.15) is 6.20 Å². The molecule has 0 spiro atoms. The Balaban J connectivity index is 2.26. The first-order chi connectivity index (χ1) is 7.97. The normalized spacial score (nSPS) is 11.4. The van der Waals surface area contributed by atoms with Gasteiger partial charge in [-0.3, -0.25) is 0 Å². The van der Waals surface area contributed by atoms with Crippen LogP contribution in [0.15, 0.2) is 41.8 Å². The van der Waals surface area contributed by atoms with Crippen molar-refractivity contribution in [1.82, 2.24) is 4.98 Å². The highest BCUT2D eigenvalue weighted by atomic mass is 32.2. The second-order valence-corrected chi connectivity index (χ2v) is 5.41. The fourth-order valence-electron chi connectivity index (χ4n) is 1.36. The van der Waals surface area contributed by atoms with Gasteiger partial charge in [0.25, 0.3) is 0 Å². The Hall–Kier alpha value is -1.82. The van der Waals surface area contributed by atoms with Crippen LogP contribution in [0.1, 0.15) is 5.56 Å². The average molecular weight is 251 g/mol. The summed E-state index contributed by atoms with van der Waals surface area (Å²) in [5, 5.41) is 0.0839. The van der Waals surface area contributed by atoms with Crippen LogP contribution in [0.3, 0.4) is 0 Å². The van der Waals surface area contributed by atoms with E-state index < -0.39 is 10.0 Å². The van der Waals surface area contributed by atoms with Gasteiger partial charge in [-0.1, -0.05) is 29.8 Å². The van der Waals surface area contributed by atoms with E-state index in [1.54, 1.807) is 30.1 Å². The fourth-order valence-corrected chi connectivity index (χ4v) is 2.36. The van der Waals surface area contributed by atoms with Crippen molar-refractivity contribution in [3.05, 3.63) is 47.1 Å².